The van der Waals surface area contributed by atoms with E-state index in [1.165, 1.54) is 31.1 Å². The molecule has 0 unspecified atom stereocenters. The summed E-state index contributed by atoms with van der Waals surface area (Å²) in [6.45, 7) is 6.61. The number of hydrogen-bond donors (Lipinski definition) is 1. The number of esters is 1. The fourth-order valence-electron chi connectivity index (χ4n) is 1.74. The SMILES string of the molecule is COC(=O)[C@H](C)N(Cc1ccc(S(N)(=O)=O)s1)C(=O)OC(C)(C)C. The molecule has 0 aliphatic heterocycles. The van der Waals surface area contributed by atoms with Gasteiger partial charge in [0.25, 0.3) is 0 Å². The summed E-state index contributed by atoms with van der Waals surface area (Å²) < 4.78 is 32.7. The van der Waals surface area contributed by atoms with Gasteiger partial charge in [0.1, 0.15) is 15.9 Å². The molecule has 1 amide bonds. The zero-order chi connectivity index (χ0) is 18.7. The standard InChI is InChI=1S/C14H22N2O6S2/c1-9(12(17)21-5)16(13(18)22-14(2,3)4)8-10-6-7-11(23-10)24(15,19)20/h6-7,9H,8H2,1-5H3,(H2,15,19,20)/t9-/m0/s1. The van der Waals surface area contributed by atoms with Crippen LogP contribution in [0.2, 0.25) is 0 Å². The van der Waals surface area contributed by atoms with Crippen LogP contribution in [0.15, 0.2) is 16.3 Å². The van der Waals surface area contributed by atoms with Crippen LogP contribution in [0, 0.1) is 0 Å². The van der Waals surface area contributed by atoms with E-state index in [4.69, 9.17) is 9.88 Å². The van der Waals surface area contributed by atoms with Gasteiger partial charge in [-0.1, -0.05) is 0 Å². The highest BCUT2D eigenvalue weighted by Gasteiger charge is 2.31. The van der Waals surface area contributed by atoms with Crippen molar-refractivity contribution in [2.75, 3.05) is 7.11 Å². The lowest BCUT2D eigenvalue weighted by atomic mass is 10.2. The molecule has 24 heavy (non-hydrogen) atoms. The molecule has 0 bridgehead atoms. The number of nitrogens with zero attached hydrogens (tertiary/aromatic N) is 1. The number of ether oxygens (including phenoxy) is 2. The fourth-order valence-corrected chi connectivity index (χ4v) is 3.52. The molecule has 0 aliphatic carbocycles. The van der Waals surface area contributed by atoms with Crippen LogP contribution in [0.25, 0.3) is 0 Å². The molecular weight excluding hydrogens is 356 g/mol. The first kappa shape index (κ1) is 20.4. The predicted octanol–water partition coefficient (Wildman–Crippen LogP) is 1.69. The van der Waals surface area contributed by atoms with Gasteiger partial charge in [-0.25, -0.2) is 23.1 Å². The highest BCUT2D eigenvalue weighted by atomic mass is 32.2. The monoisotopic (exact) mass is 378 g/mol. The number of methoxy groups -OCH3 is 1. The fraction of sp³-hybridized carbons (Fsp3) is 0.571. The second-order valence-corrected chi connectivity index (χ2v) is 9.03. The zero-order valence-corrected chi connectivity index (χ0v) is 15.9. The Morgan fingerprint density at radius 2 is 1.92 bits per heavy atom. The predicted molar refractivity (Wildman–Crippen MR) is 88.9 cm³/mol. The van der Waals surface area contributed by atoms with Crippen LogP contribution in [-0.2, 0) is 30.8 Å². The second-order valence-electron chi connectivity index (χ2n) is 6.07. The lowest BCUT2D eigenvalue weighted by Gasteiger charge is -2.30. The van der Waals surface area contributed by atoms with Crippen LogP contribution in [0.5, 0.6) is 0 Å². The quantitative estimate of drug-likeness (QED) is 0.780. The minimum Gasteiger partial charge on any atom is -0.467 e. The minimum absolute atomic E-state index is 0.00856. The van der Waals surface area contributed by atoms with Crippen LogP contribution in [-0.4, -0.2) is 44.1 Å². The van der Waals surface area contributed by atoms with Gasteiger partial charge in [0.15, 0.2) is 0 Å². The van der Waals surface area contributed by atoms with Crippen LogP contribution in [0.3, 0.4) is 0 Å². The lowest BCUT2D eigenvalue weighted by Crippen LogP contribution is -2.45. The van der Waals surface area contributed by atoms with Gasteiger partial charge in [-0.3, -0.25) is 4.90 Å². The summed E-state index contributed by atoms with van der Waals surface area (Å²) in [5.41, 5.74) is -0.744. The van der Waals surface area contributed by atoms with E-state index in [1.54, 1.807) is 20.8 Å². The topological polar surface area (TPSA) is 116 Å². The largest absolute Gasteiger partial charge is 0.467 e. The third kappa shape index (κ3) is 5.77. The van der Waals surface area contributed by atoms with E-state index in [0.717, 1.165) is 11.3 Å². The van der Waals surface area contributed by atoms with Crippen LogP contribution in [0.1, 0.15) is 32.6 Å². The molecule has 10 heteroatoms. The van der Waals surface area contributed by atoms with Gasteiger partial charge < -0.3 is 9.47 Å². The van der Waals surface area contributed by atoms with Gasteiger partial charge in [-0.15, -0.1) is 11.3 Å². The van der Waals surface area contributed by atoms with Crippen molar-refractivity contribution < 1.29 is 27.5 Å². The average molecular weight is 378 g/mol. The smallest absolute Gasteiger partial charge is 0.411 e. The summed E-state index contributed by atoms with van der Waals surface area (Å²) >= 11 is 0.926. The van der Waals surface area contributed by atoms with E-state index in [9.17, 15) is 18.0 Å². The average Bonchev–Trinajstić information content (AvgIpc) is 2.89. The van der Waals surface area contributed by atoms with Gasteiger partial charge in [0.2, 0.25) is 10.0 Å². The van der Waals surface area contributed by atoms with Crippen LogP contribution >= 0.6 is 11.3 Å². The summed E-state index contributed by atoms with van der Waals surface area (Å²) in [7, 11) is -2.60. The number of rotatable bonds is 5. The molecule has 1 atom stereocenters. The van der Waals surface area contributed by atoms with Gasteiger partial charge in [-0.05, 0) is 39.8 Å². The van der Waals surface area contributed by atoms with Crippen molar-refractivity contribution in [3.8, 4) is 0 Å². The number of sulfonamides is 1. The molecule has 8 nitrogen and oxygen atoms in total. The van der Waals surface area contributed by atoms with E-state index < -0.39 is 33.7 Å². The van der Waals surface area contributed by atoms with Crippen molar-refractivity contribution >= 4 is 33.4 Å². The van der Waals surface area contributed by atoms with Gasteiger partial charge in [0.05, 0.1) is 13.7 Å². The number of hydrogen-bond acceptors (Lipinski definition) is 7. The zero-order valence-electron chi connectivity index (χ0n) is 14.2. The Labute approximate surface area is 145 Å². The molecular formula is C14H22N2O6S2. The Morgan fingerprint density at radius 3 is 2.33 bits per heavy atom. The highest BCUT2D eigenvalue weighted by molar-refractivity contribution is 7.91. The van der Waals surface area contributed by atoms with Crippen LogP contribution < -0.4 is 5.14 Å². The molecule has 0 aromatic carbocycles. The van der Waals surface area contributed by atoms with Crippen molar-refractivity contribution in [2.24, 2.45) is 5.14 Å². The molecule has 2 N–H and O–H groups in total. The van der Waals surface area contributed by atoms with E-state index in [2.05, 4.69) is 4.74 Å². The molecule has 0 aliphatic rings. The van der Waals surface area contributed by atoms with Crippen molar-refractivity contribution in [3.63, 3.8) is 0 Å². The summed E-state index contributed by atoms with van der Waals surface area (Å²) in [4.78, 5) is 25.9. The Kier molecular flexibility index (Phi) is 6.37. The maximum atomic E-state index is 12.4. The second kappa shape index (κ2) is 7.49. The highest BCUT2D eigenvalue weighted by Crippen LogP contribution is 2.24. The van der Waals surface area contributed by atoms with Crippen molar-refractivity contribution in [2.45, 2.75) is 50.1 Å². The van der Waals surface area contributed by atoms with Crippen molar-refractivity contribution in [3.05, 3.63) is 17.0 Å². The maximum Gasteiger partial charge on any atom is 0.411 e. The number of carbonyl (C=O) groups excluding carboxylic acids is 2. The molecule has 1 rings (SSSR count). The summed E-state index contributed by atoms with van der Waals surface area (Å²) in [5, 5.41) is 5.08. The maximum absolute atomic E-state index is 12.4. The normalized spacial score (nSPS) is 13.2. The third-order valence-electron chi connectivity index (χ3n) is 2.88. The molecule has 1 aromatic rings. The third-order valence-corrected chi connectivity index (χ3v) is 5.39. The van der Waals surface area contributed by atoms with Gasteiger partial charge >= 0.3 is 12.1 Å². The van der Waals surface area contributed by atoms with Crippen LogP contribution in [0.4, 0.5) is 4.79 Å². The number of amides is 1. The number of nitrogens with two attached hydrogens (primary N) is 1. The van der Waals surface area contributed by atoms with Gasteiger partial charge in [-0.2, -0.15) is 0 Å². The molecule has 136 valence electrons. The van der Waals surface area contributed by atoms with E-state index >= 15 is 0 Å². The molecule has 0 saturated heterocycles. The minimum atomic E-state index is -3.82. The van der Waals surface area contributed by atoms with E-state index in [1.807, 2.05) is 0 Å². The number of thiophene rings is 1. The lowest BCUT2D eigenvalue weighted by molar-refractivity contribution is -0.146. The Bertz CT molecular complexity index is 705. The Hall–Kier alpha value is -1.65. The first-order valence-electron chi connectivity index (χ1n) is 7.04. The summed E-state index contributed by atoms with van der Waals surface area (Å²) in [6.07, 6.45) is -0.703. The molecule has 1 aromatic heterocycles. The molecule has 0 radical (unpaired) electrons. The number of carbonyl (C=O) groups is 2. The Balaban J connectivity index is 3.07. The van der Waals surface area contributed by atoms with Crippen molar-refractivity contribution in [1.82, 2.24) is 4.90 Å². The first-order chi connectivity index (χ1) is 10.8. The van der Waals surface area contributed by atoms with E-state index in [0.29, 0.717) is 4.88 Å². The summed E-state index contributed by atoms with van der Waals surface area (Å²) in [5.74, 6) is -0.607. The number of primary sulfonamides is 1. The van der Waals surface area contributed by atoms with E-state index in [-0.39, 0.29) is 10.8 Å². The van der Waals surface area contributed by atoms with Gasteiger partial charge in [0, 0.05) is 4.88 Å². The first-order valence-corrected chi connectivity index (χ1v) is 9.40. The summed E-state index contributed by atoms with van der Waals surface area (Å²) in [6, 6.07) is 1.99. The molecule has 0 spiro atoms. The molecule has 0 saturated carbocycles. The Morgan fingerprint density at radius 1 is 1.33 bits per heavy atom. The molecule has 1 heterocycles. The molecule has 0 fully saturated rings. The van der Waals surface area contributed by atoms with Crippen molar-refractivity contribution in [1.29, 1.82) is 0 Å².